The van der Waals surface area contributed by atoms with E-state index in [0.29, 0.717) is 11.6 Å². The minimum Gasteiger partial charge on any atom is -0.330 e. The van der Waals surface area contributed by atoms with Crippen molar-refractivity contribution in [3.8, 4) is 0 Å². The summed E-state index contributed by atoms with van der Waals surface area (Å²) in [5, 5.41) is 0.461. The highest BCUT2D eigenvalue weighted by atomic mass is 35.5. The maximum atomic E-state index is 12.8. The summed E-state index contributed by atoms with van der Waals surface area (Å²) in [6.07, 6.45) is 2.79. The van der Waals surface area contributed by atoms with Gasteiger partial charge < -0.3 is 5.73 Å². The second-order valence-corrected chi connectivity index (χ2v) is 3.46. The van der Waals surface area contributed by atoms with Crippen molar-refractivity contribution in [2.24, 2.45) is 5.73 Å². The van der Waals surface area contributed by atoms with Gasteiger partial charge in [0, 0.05) is 5.02 Å². The smallest absolute Gasteiger partial charge is 0.124 e. The van der Waals surface area contributed by atoms with E-state index in [4.69, 9.17) is 17.3 Å². The number of hydrogen-bond donors (Lipinski definition) is 1. The van der Waals surface area contributed by atoms with Crippen LogP contribution in [0.1, 0.15) is 18.4 Å². The second-order valence-electron chi connectivity index (χ2n) is 3.02. The van der Waals surface area contributed by atoms with E-state index in [9.17, 15) is 4.39 Å². The minimum absolute atomic E-state index is 0.268. The van der Waals surface area contributed by atoms with Crippen LogP contribution >= 0.6 is 11.6 Å². The van der Waals surface area contributed by atoms with Gasteiger partial charge in [0.25, 0.3) is 0 Å². The van der Waals surface area contributed by atoms with Crippen molar-refractivity contribution in [1.82, 2.24) is 0 Å². The summed E-state index contributed by atoms with van der Waals surface area (Å²) in [6, 6.07) is 4.62. The molecule has 1 nitrogen and oxygen atoms in total. The first kappa shape index (κ1) is 10.5. The minimum atomic E-state index is -0.268. The highest BCUT2D eigenvalue weighted by Gasteiger charge is 1.98. The molecule has 0 amide bonds. The number of benzene rings is 1. The van der Waals surface area contributed by atoms with Crippen molar-refractivity contribution in [2.75, 3.05) is 6.54 Å². The van der Waals surface area contributed by atoms with Crippen molar-refractivity contribution in [3.05, 3.63) is 34.6 Å². The van der Waals surface area contributed by atoms with E-state index >= 15 is 0 Å². The average molecular weight is 202 g/mol. The van der Waals surface area contributed by atoms with Crippen LogP contribution in [-0.4, -0.2) is 6.54 Å². The van der Waals surface area contributed by atoms with E-state index in [2.05, 4.69) is 0 Å². The molecule has 0 saturated heterocycles. The second kappa shape index (κ2) is 5.20. The SMILES string of the molecule is NCCCCc1cc(F)cc(Cl)c1. The van der Waals surface area contributed by atoms with Crippen molar-refractivity contribution in [2.45, 2.75) is 19.3 Å². The molecular formula is C10H13ClFN. The molecule has 0 atom stereocenters. The Morgan fingerprint density at radius 2 is 2.00 bits per heavy atom. The van der Waals surface area contributed by atoms with Crippen molar-refractivity contribution < 1.29 is 4.39 Å². The Bertz CT molecular complexity index is 255. The normalized spacial score (nSPS) is 10.4. The zero-order chi connectivity index (χ0) is 9.68. The van der Waals surface area contributed by atoms with Crippen LogP contribution in [0.5, 0.6) is 0 Å². The first-order valence-electron chi connectivity index (χ1n) is 4.37. The molecule has 0 unspecified atom stereocenters. The van der Waals surface area contributed by atoms with Gasteiger partial charge in [-0.2, -0.15) is 0 Å². The number of hydrogen-bond acceptors (Lipinski definition) is 1. The molecule has 0 radical (unpaired) electrons. The molecule has 0 saturated carbocycles. The highest BCUT2D eigenvalue weighted by Crippen LogP contribution is 2.15. The number of aryl methyl sites for hydroxylation is 1. The topological polar surface area (TPSA) is 26.0 Å². The molecule has 0 aliphatic carbocycles. The third-order valence-corrected chi connectivity index (χ3v) is 2.06. The molecular weight excluding hydrogens is 189 g/mol. The number of nitrogens with two attached hydrogens (primary N) is 1. The van der Waals surface area contributed by atoms with Gasteiger partial charge in [0.1, 0.15) is 5.82 Å². The van der Waals surface area contributed by atoms with Crippen molar-refractivity contribution in [1.29, 1.82) is 0 Å². The summed E-state index contributed by atoms with van der Waals surface area (Å²) < 4.78 is 12.8. The Kier molecular flexibility index (Phi) is 4.19. The summed E-state index contributed by atoms with van der Waals surface area (Å²) in [4.78, 5) is 0. The lowest BCUT2D eigenvalue weighted by atomic mass is 10.1. The van der Waals surface area contributed by atoms with Gasteiger partial charge in [-0.05, 0) is 49.6 Å². The predicted molar refractivity (Wildman–Crippen MR) is 53.4 cm³/mol. The first-order chi connectivity index (χ1) is 6.22. The molecule has 1 aromatic rings. The van der Waals surface area contributed by atoms with E-state index in [1.165, 1.54) is 12.1 Å². The van der Waals surface area contributed by atoms with E-state index in [-0.39, 0.29) is 5.82 Å². The van der Waals surface area contributed by atoms with Crippen molar-refractivity contribution in [3.63, 3.8) is 0 Å². The van der Waals surface area contributed by atoms with E-state index in [1.807, 2.05) is 0 Å². The molecule has 0 spiro atoms. The molecule has 1 rings (SSSR count). The highest BCUT2D eigenvalue weighted by molar-refractivity contribution is 6.30. The molecule has 0 heterocycles. The van der Waals surface area contributed by atoms with Crippen LogP contribution in [0.2, 0.25) is 5.02 Å². The first-order valence-corrected chi connectivity index (χ1v) is 4.75. The summed E-state index contributed by atoms with van der Waals surface area (Å²) in [6.45, 7) is 0.684. The van der Waals surface area contributed by atoms with E-state index < -0.39 is 0 Å². The van der Waals surface area contributed by atoms with Crippen LogP contribution in [-0.2, 0) is 6.42 Å². The number of unbranched alkanes of at least 4 members (excludes halogenated alkanes) is 1. The predicted octanol–water partition coefficient (Wildman–Crippen LogP) is 2.76. The molecule has 1 aromatic carbocycles. The summed E-state index contributed by atoms with van der Waals surface area (Å²) in [5.41, 5.74) is 6.30. The maximum absolute atomic E-state index is 12.8. The van der Waals surface area contributed by atoms with Gasteiger partial charge in [-0.25, -0.2) is 4.39 Å². The molecule has 0 aliphatic rings. The van der Waals surface area contributed by atoms with Gasteiger partial charge in [-0.3, -0.25) is 0 Å². The third kappa shape index (κ3) is 3.75. The molecule has 0 bridgehead atoms. The van der Waals surface area contributed by atoms with Gasteiger partial charge in [0.2, 0.25) is 0 Å². The Balaban J connectivity index is 2.56. The van der Waals surface area contributed by atoms with Gasteiger partial charge in [-0.15, -0.1) is 0 Å². The quantitative estimate of drug-likeness (QED) is 0.745. The maximum Gasteiger partial charge on any atom is 0.124 e. The van der Waals surface area contributed by atoms with Gasteiger partial charge in [0.15, 0.2) is 0 Å². The Labute approximate surface area is 82.7 Å². The van der Waals surface area contributed by atoms with Gasteiger partial charge in [-0.1, -0.05) is 11.6 Å². The average Bonchev–Trinajstić information content (AvgIpc) is 2.03. The third-order valence-electron chi connectivity index (χ3n) is 1.84. The van der Waals surface area contributed by atoms with E-state index in [0.717, 1.165) is 24.8 Å². The zero-order valence-electron chi connectivity index (χ0n) is 7.39. The Morgan fingerprint density at radius 1 is 1.23 bits per heavy atom. The van der Waals surface area contributed by atoms with E-state index in [1.54, 1.807) is 6.07 Å². The lowest BCUT2D eigenvalue weighted by molar-refractivity contribution is 0.624. The molecule has 0 aromatic heterocycles. The van der Waals surface area contributed by atoms with Crippen LogP contribution in [0, 0.1) is 5.82 Å². The molecule has 72 valence electrons. The van der Waals surface area contributed by atoms with Gasteiger partial charge >= 0.3 is 0 Å². The van der Waals surface area contributed by atoms with Gasteiger partial charge in [0.05, 0.1) is 0 Å². The number of halogens is 2. The van der Waals surface area contributed by atoms with Crippen LogP contribution in [0.25, 0.3) is 0 Å². The fourth-order valence-electron chi connectivity index (χ4n) is 1.23. The Morgan fingerprint density at radius 3 is 2.62 bits per heavy atom. The Hall–Kier alpha value is -0.600. The molecule has 3 heteroatoms. The van der Waals surface area contributed by atoms with Crippen molar-refractivity contribution >= 4 is 11.6 Å². The molecule has 13 heavy (non-hydrogen) atoms. The number of rotatable bonds is 4. The summed E-state index contributed by atoms with van der Waals surface area (Å²) >= 11 is 5.70. The fraction of sp³-hybridized carbons (Fsp3) is 0.400. The van der Waals surface area contributed by atoms with Crippen LogP contribution in [0.4, 0.5) is 4.39 Å². The zero-order valence-corrected chi connectivity index (χ0v) is 8.15. The largest absolute Gasteiger partial charge is 0.330 e. The standard InChI is InChI=1S/C10H13ClFN/c11-9-5-8(3-1-2-4-13)6-10(12)7-9/h5-7H,1-4,13H2. The molecule has 2 N–H and O–H groups in total. The summed E-state index contributed by atoms with van der Waals surface area (Å²) in [7, 11) is 0. The van der Waals surface area contributed by atoms with Crippen LogP contribution in [0.15, 0.2) is 18.2 Å². The molecule has 0 fully saturated rings. The van der Waals surface area contributed by atoms with Crippen LogP contribution in [0.3, 0.4) is 0 Å². The lowest BCUT2D eigenvalue weighted by Crippen LogP contribution is -1.99. The van der Waals surface area contributed by atoms with Crippen LogP contribution < -0.4 is 5.73 Å². The molecule has 0 aliphatic heterocycles. The summed E-state index contributed by atoms with van der Waals surface area (Å²) in [5.74, 6) is -0.268. The monoisotopic (exact) mass is 201 g/mol. The lowest BCUT2D eigenvalue weighted by Gasteiger charge is -2.01. The fourth-order valence-corrected chi connectivity index (χ4v) is 1.47.